The second kappa shape index (κ2) is 9.09. The van der Waals surface area contributed by atoms with Crippen molar-refractivity contribution in [2.75, 3.05) is 38.7 Å². The number of piperidine rings is 1. The standard InChI is InChI=1S/C21H27N3O5/c1-4-29-20(26)14-6-5-9-24(11-14)12-17(25)23-18-15-10-13(2)7-8-16(15)22-19(18)21(27)28-3/h7-8,10,14,22H,4-6,9,11-12H2,1-3H3,(H,23,25)/p+1/t14-/m1/s1. The normalized spacial score (nSPS) is 19.0. The summed E-state index contributed by atoms with van der Waals surface area (Å²) in [6, 6.07) is 5.71. The quantitative estimate of drug-likeness (QED) is 0.627. The number of fused-ring (bicyclic) bond motifs is 1. The maximum Gasteiger partial charge on any atom is 0.356 e. The highest BCUT2D eigenvalue weighted by atomic mass is 16.5. The number of esters is 2. The van der Waals surface area contributed by atoms with Crippen molar-refractivity contribution in [3.05, 3.63) is 29.5 Å². The number of carbonyl (C=O) groups excluding carboxylic acids is 3. The van der Waals surface area contributed by atoms with Gasteiger partial charge < -0.3 is 24.7 Å². The number of likely N-dealkylation sites (tertiary alicyclic amines) is 1. The number of anilines is 1. The van der Waals surface area contributed by atoms with Gasteiger partial charge >= 0.3 is 11.9 Å². The van der Waals surface area contributed by atoms with Gasteiger partial charge in [-0.2, -0.15) is 0 Å². The maximum atomic E-state index is 12.8. The lowest BCUT2D eigenvalue weighted by atomic mass is 9.98. The highest BCUT2D eigenvalue weighted by Crippen LogP contribution is 2.29. The molecule has 2 atom stereocenters. The molecule has 3 N–H and O–H groups in total. The number of hydrogen-bond acceptors (Lipinski definition) is 5. The number of amides is 1. The molecule has 1 unspecified atom stereocenters. The van der Waals surface area contributed by atoms with Gasteiger partial charge in [-0.25, -0.2) is 4.79 Å². The molecule has 1 fully saturated rings. The molecule has 156 valence electrons. The maximum absolute atomic E-state index is 12.8. The number of nitrogens with one attached hydrogen (secondary N) is 3. The SMILES string of the molecule is CCOC(=O)[C@@H]1CCC[NH+](CC(=O)Nc2c(C(=O)OC)[nH]c3ccc(C)cc23)C1. The number of aromatic nitrogens is 1. The van der Waals surface area contributed by atoms with Crippen LogP contribution in [-0.4, -0.2) is 56.2 Å². The van der Waals surface area contributed by atoms with Crippen LogP contribution in [-0.2, 0) is 19.1 Å². The summed E-state index contributed by atoms with van der Waals surface area (Å²) >= 11 is 0. The summed E-state index contributed by atoms with van der Waals surface area (Å²) in [5.74, 6) is -1.11. The van der Waals surface area contributed by atoms with E-state index in [2.05, 4.69) is 10.3 Å². The number of rotatable bonds is 6. The van der Waals surface area contributed by atoms with E-state index in [-0.39, 0.29) is 30.0 Å². The van der Waals surface area contributed by atoms with Crippen molar-refractivity contribution >= 4 is 34.4 Å². The van der Waals surface area contributed by atoms with Gasteiger partial charge in [0.1, 0.15) is 11.6 Å². The Morgan fingerprint density at radius 2 is 2.10 bits per heavy atom. The number of quaternary nitrogens is 1. The highest BCUT2D eigenvalue weighted by Gasteiger charge is 2.31. The van der Waals surface area contributed by atoms with Crippen LogP contribution >= 0.6 is 0 Å². The van der Waals surface area contributed by atoms with E-state index >= 15 is 0 Å². The average molecular weight is 402 g/mol. The second-order valence-corrected chi connectivity index (χ2v) is 7.44. The predicted molar refractivity (Wildman–Crippen MR) is 108 cm³/mol. The lowest BCUT2D eigenvalue weighted by Crippen LogP contribution is -3.14. The van der Waals surface area contributed by atoms with E-state index in [0.29, 0.717) is 18.8 Å². The average Bonchev–Trinajstić information content (AvgIpc) is 3.05. The molecule has 0 spiro atoms. The summed E-state index contributed by atoms with van der Waals surface area (Å²) in [5.41, 5.74) is 2.42. The van der Waals surface area contributed by atoms with Gasteiger partial charge in [-0.15, -0.1) is 0 Å². The fraction of sp³-hybridized carbons (Fsp3) is 0.476. The molecule has 1 aromatic heterocycles. The van der Waals surface area contributed by atoms with Crippen molar-refractivity contribution in [3.63, 3.8) is 0 Å². The number of methoxy groups -OCH3 is 1. The first kappa shape index (κ1) is 20.9. The first-order valence-electron chi connectivity index (χ1n) is 9.93. The van der Waals surface area contributed by atoms with E-state index in [0.717, 1.165) is 40.8 Å². The van der Waals surface area contributed by atoms with Crippen molar-refractivity contribution in [3.8, 4) is 0 Å². The summed E-state index contributed by atoms with van der Waals surface area (Å²) in [6.45, 7) is 5.71. The number of benzene rings is 1. The molecule has 8 nitrogen and oxygen atoms in total. The van der Waals surface area contributed by atoms with E-state index in [4.69, 9.17) is 9.47 Å². The topological polar surface area (TPSA) is 102 Å². The number of aromatic amines is 1. The zero-order chi connectivity index (χ0) is 21.0. The van der Waals surface area contributed by atoms with Crippen LogP contribution in [0, 0.1) is 12.8 Å². The molecular weight excluding hydrogens is 374 g/mol. The third kappa shape index (κ3) is 4.76. The number of H-pyrrole nitrogens is 1. The Kier molecular flexibility index (Phi) is 6.53. The van der Waals surface area contributed by atoms with Crippen LogP contribution in [0.1, 0.15) is 35.8 Å². The Morgan fingerprint density at radius 1 is 1.31 bits per heavy atom. The molecule has 2 aromatic rings. The van der Waals surface area contributed by atoms with Gasteiger partial charge in [-0.05, 0) is 38.8 Å². The molecule has 1 saturated heterocycles. The molecular formula is C21H28N3O5+. The van der Waals surface area contributed by atoms with E-state index < -0.39 is 5.97 Å². The summed E-state index contributed by atoms with van der Waals surface area (Å²) in [5, 5.41) is 3.65. The van der Waals surface area contributed by atoms with E-state index in [1.807, 2.05) is 25.1 Å². The smallest absolute Gasteiger partial charge is 0.356 e. The molecule has 3 rings (SSSR count). The van der Waals surface area contributed by atoms with Gasteiger partial charge in [-0.3, -0.25) is 9.59 Å². The Morgan fingerprint density at radius 3 is 2.83 bits per heavy atom. The van der Waals surface area contributed by atoms with Crippen LogP contribution in [0.5, 0.6) is 0 Å². The predicted octanol–water partition coefficient (Wildman–Crippen LogP) is 1.06. The lowest BCUT2D eigenvalue weighted by Gasteiger charge is -2.28. The van der Waals surface area contributed by atoms with Crippen LogP contribution in [0.25, 0.3) is 10.9 Å². The molecule has 0 bridgehead atoms. The number of aryl methyl sites for hydroxylation is 1. The van der Waals surface area contributed by atoms with Crippen LogP contribution in [0.15, 0.2) is 18.2 Å². The van der Waals surface area contributed by atoms with Crippen LogP contribution < -0.4 is 10.2 Å². The monoisotopic (exact) mass is 402 g/mol. The highest BCUT2D eigenvalue weighted by molar-refractivity contribution is 6.11. The molecule has 0 saturated carbocycles. The number of ether oxygens (including phenoxy) is 2. The van der Waals surface area contributed by atoms with E-state index in [1.54, 1.807) is 6.92 Å². The molecule has 8 heteroatoms. The largest absolute Gasteiger partial charge is 0.466 e. The lowest BCUT2D eigenvalue weighted by molar-refractivity contribution is -0.899. The summed E-state index contributed by atoms with van der Waals surface area (Å²) in [4.78, 5) is 41.0. The minimum Gasteiger partial charge on any atom is -0.466 e. The Hall–Kier alpha value is -2.87. The Bertz CT molecular complexity index is 920. The molecule has 0 radical (unpaired) electrons. The first-order valence-corrected chi connectivity index (χ1v) is 9.93. The molecule has 1 amide bonds. The van der Waals surface area contributed by atoms with Crippen molar-refractivity contribution in [2.24, 2.45) is 5.92 Å². The fourth-order valence-electron chi connectivity index (χ4n) is 3.87. The summed E-state index contributed by atoms with van der Waals surface area (Å²) < 4.78 is 9.98. The van der Waals surface area contributed by atoms with Crippen LogP contribution in [0.2, 0.25) is 0 Å². The fourth-order valence-corrected chi connectivity index (χ4v) is 3.87. The minimum atomic E-state index is -0.540. The first-order chi connectivity index (χ1) is 13.9. The van der Waals surface area contributed by atoms with Crippen LogP contribution in [0.4, 0.5) is 5.69 Å². The van der Waals surface area contributed by atoms with Crippen molar-refractivity contribution in [2.45, 2.75) is 26.7 Å². The zero-order valence-corrected chi connectivity index (χ0v) is 17.1. The van der Waals surface area contributed by atoms with Crippen molar-refractivity contribution in [1.82, 2.24) is 4.98 Å². The van der Waals surface area contributed by atoms with Crippen molar-refractivity contribution < 1.29 is 28.8 Å². The molecule has 1 aliphatic rings. The molecule has 2 heterocycles. The molecule has 29 heavy (non-hydrogen) atoms. The minimum absolute atomic E-state index is 0.173. The van der Waals surface area contributed by atoms with Gasteiger partial charge in [0.25, 0.3) is 5.91 Å². The number of carbonyl (C=O) groups is 3. The van der Waals surface area contributed by atoms with Gasteiger partial charge in [0, 0.05) is 10.9 Å². The van der Waals surface area contributed by atoms with E-state index in [1.165, 1.54) is 7.11 Å². The molecule has 1 aromatic carbocycles. The van der Waals surface area contributed by atoms with E-state index in [9.17, 15) is 14.4 Å². The van der Waals surface area contributed by atoms with Gasteiger partial charge in [0.2, 0.25) is 0 Å². The summed E-state index contributed by atoms with van der Waals surface area (Å²) in [6.07, 6.45) is 1.66. The third-order valence-corrected chi connectivity index (χ3v) is 5.26. The third-order valence-electron chi connectivity index (χ3n) is 5.26. The van der Waals surface area contributed by atoms with Gasteiger partial charge in [0.15, 0.2) is 6.54 Å². The molecule has 0 aliphatic carbocycles. The molecule has 1 aliphatic heterocycles. The number of hydrogen-bond donors (Lipinski definition) is 3. The Labute approximate surface area is 169 Å². The second-order valence-electron chi connectivity index (χ2n) is 7.44. The summed E-state index contributed by atoms with van der Waals surface area (Å²) in [7, 11) is 1.30. The van der Waals surface area contributed by atoms with Crippen molar-refractivity contribution in [1.29, 1.82) is 0 Å². The van der Waals surface area contributed by atoms with Gasteiger partial charge in [0.05, 0.1) is 32.5 Å². The Balaban J connectivity index is 1.75. The van der Waals surface area contributed by atoms with Gasteiger partial charge in [-0.1, -0.05) is 11.6 Å². The zero-order valence-electron chi connectivity index (χ0n) is 17.1. The van der Waals surface area contributed by atoms with Crippen LogP contribution in [0.3, 0.4) is 0 Å².